The molecule has 1 aromatic heterocycles. The van der Waals surface area contributed by atoms with Crippen molar-refractivity contribution in [3.8, 4) is 0 Å². The molecule has 1 amide bonds. The number of amides is 1. The van der Waals surface area contributed by atoms with Crippen LogP contribution in [0.5, 0.6) is 0 Å². The molecular formula is C15H21N3O3. The molecule has 1 aromatic rings. The van der Waals surface area contributed by atoms with E-state index in [1.54, 1.807) is 18.0 Å². The van der Waals surface area contributed by atoms with Crippen LogP contribution in [0.25, 0.3) is 0 Å². The number of rotatable bonds is 5. The lowest BCUT2D eigenvalue weighted by Gasteiger charge is -2.14. The Hall–Kier alpha value is -1.95. The Morgan fingerprint density at radius 3 is 3.05 bits per heavy atom. The number of fused-ring (bicyclic) bond motifs is 1. The summed E-state index contributed by atoms with van der Waals surface area (Å²) >= 11 is 0. The van der Waals surface area contributed by atoms with Gasteiger partial charge in [-0.1, -0.05) is 6.58 Å². The number of aromatic nitrogens is 2. The number of nitrogens with one attached hydrogen (secondary N) is 1. The van der Waals surface area contributed by atoms with Gasteiger partial charge in [0.1, 0.15) is 0 Å². The molecule has 1 heterocycles. The fourth-order valence-electron chi connectivity index (χ4n) is 2.56. The summed E-state index contributed by atoms with van der Waals surface area (Å²) in [6, 6.07) is 0.0662. The zero-order valence-corrected chi connectivity index (χ0v) is 12.3. The highest BCUT2D eigenvalue weighted by Gasteiger charge is 2.20. The van der Waals surface area contributed by atoms with E-state index in [-0.39, 0.29) is 17.5 Å². The lowest BCUT2D eigenvalue weighted by Crippen LogP contribution is -2.33. The quantitative estimate of drug-likeness (QED) is 0.631. The molecule has 21 heavy (non-hydrogen) atoms. The smallest absolute Gasteiger partial charge is 0.256 e. The van der Waals surface area contributed by atoms with Gasteiger partial charge in [-0.3, -0.25) is 14.2 Å². The highest BCUT2D eigenvalue weighted by molar-refractivity contribution is 5.87. The normalized spacial score (nSPS) is 17.7. The summed E-state index contributed by atoms with van der Waals surface area (Å²) in [6.07, 6.45) is 5.74. The summed E-state index contributed by atoms with van der Waals surface area (Å²) in [4.78, 5) is 28.2. The van der Waals surface area contributed by atoms with E-state index in [2.05, 4.69) is 16.9 Å². The van der Waals surface area contributed by atoms with Crippen LogP contribution in [0.2, 0.25) is 0 Å². The van der Waals surface area contributed by atoms with Gasteiger partial charge in [0, 0.05) is 18.7 Å². The van der Waals surface area contributed by atoms with Crippen molar-refractivity contribution in [3.05, 3.63) is 40.6 Å². The van der Waals surface area contributed by atoms with Crippen molar-refractivity contribution in [1.29, 1.82) is 0 Å². The van der Waals surface area contributed by atoms with E-state index in [1.165, 1.54) is 6.08 Å². The summed E-state index contributed by atoms with van der Waals surface area (Å²) in [5.41, 5.74) is 1.63. The zero-order chi connectivity index (χ0) is 15.2. The van der Waals surface area contributed by atoms with Crippen molar-refractivity contribution in [3.63, 3.8) is 0 Å². The highest BCUT2D eigenvalue weighted by Crippen LogP contribution is 2.16. The van der Waals surface area contributed by atoms with E-state index in [1.807, 2.05) is 0 Å². The molecular weight excluding hydrogens is 270 g/mol. The Bertz CT molecular complexity index is 580. The van der Waals surface area contributed by atoms with E-state index < -0.39 is 0 Å². The highest BCUT2D eigenvalue weighted by atomic mass is 16.5. The van der Waals surface area contributed by atoms with Crippen molar-refractivity contribution >= 4 is 5.91 Å². The number of ether oxygens (including phenoxy) is 1. The molecule has 0 aromatic carbocycles. The van der Waals surface area contributed by atoms with Gasteiger partial charge in [-0.05, 0) is 31.8 Å². The number of nitrogens with zero attached hydrogens (tertiary/aromatic N) is 2. The van der Waals surface area contributed by atoms with E-state index in [0.29, 0.717) is 26.0 Å². The summed E-state index contributed by atoms with van der Waals surface area (Å²) in [5.74, 6) is -0.170. The number of methoxy groups -OCH3 is 1. The predicted octanol–water partition coefficient (Wildman–Crippen LogP) is 0.439. The van der Waals surface area contributed by atoms with Gasteiger partial charge in [0.15, 0.2) is 0 Å². The first kappa shape index (κ1) is 15.4. The Morgan fingerprint density at radius 1 is 1.57 bits per heavy atom. The second-order valence-electron chi connectivity index (χ2n) is 5.15. The fraction of sp³-hybridized carbons (Fsp3) is 0.533. The lowest BCUT2D eigenvalue weighted by molar-refractivity contribution is -0.117. The van der Waals surface area contributed by atoms with Gasteiger partial charge >= 0.3 is 0 Å². The molecule has 114 valence electrons. The Morgan fingerprint density at radius 2 is 2.33 bits per heavy atom. The first-order valence-electron chi connectivity index (χ1n) is 7.14. The van der Waals surface area contributed by atoms with E-state index in [9.17, 15) is 9.59 Å². The molecule has 6 nitrogen and oxygen atoms in total. The van der Waals surface area contributed by atoms with E-state index in [4.69, 9.17) is 4.74 Å². The van der Waals surface area contributed by atoms with Crippen LogP contribution in [0.15, 0.2) is 23.8 Å². The van der Waals surface area contributed by atoms with Crippen LogP contribution in [-0.4, -0.2) is 35.2 Å². The Kier molecular flexibility index (Phi) is 5.27. The third-order valence-corrected chi connectivity index (χ3v) is 3.76. The maximum Gasteiger partial charge on any atom is 0.256 e. The van der Waals surface area contributed by atoms with Gasteiger partial charge in [-0.15, -0.1) is 0 Å². The SMILES string of the molecule is C=CC(=O)NC1CCc2ncn(CCOC)c(=O)c2CC1. The topological polar surface area (TPSA) is 73.2 Å². The van der Waals surface area contributed by atoms with Crippen molar-refractivity contribution in [2.24, 2.45) is 0 Å². The molecule has 0 saturated heterocycles. The van der Waals surface area contributed by atoms with Crippen molar-refractivity contribution in [2.45, 2.75) is 38.3 Å². The third-order valence-electron chi connectivity index (χ3n) is 3.76. The second kappa shape index (κ2) is 7.17. The third kappa shape index (κ3) is 3.78. The average molecular weight is 291 g/mol. The molecule has 0 radical (unpaired) electrons. The van der Waals surface area contributed by atoms with Crippen LogP contribution in [0, 0.1) is 0 Å². The molecule has 1 aliphatic rings. The second-order valence-corrected chi connectivity index (χ2v) is 5.15. The number of hydrogen-bond donors (Lipinski definition) is 1. The Labute approximate surface area is 123 Å². The number of carbonyl (C=O) groups excluding carboxylic acids is 1. The molecule has 1 aliphatic carbocycles. The number of hydrogen-bond acceptors (Lipinski definition) is 4. The van der Waals surface area contributed by atoms with Crippen molar-refractivity contribution < 1.29 is 9.53 Å². The molecule has 0 aliphatic heterocycles. The van der Waals surface area contributed by atoms with Crippen LogP contribution < -0.4 is 10.9 Å². The van der Waals surface area contributed by atoms with Gasteiger partial charge in [-0.25, -0.2) is 4.98 Å². The minimum Gasteiger partial charge on any atom is -0.383 e. The predicted molar refractivity (Wildman–Crippen MR) is 79.1 cm³/mol. The summed E-state index contributed by atoms with van der Waals surface area (Å²) in [6.45, 7) is 4.44. The molecule has 6 heteroatoms. The monoisotopic (exact) mass is 291 g/mol. The Balaban J connectivity index is 2.13. The van der Waals surface area contributed by atoms with Gasteiger partial charge in [0.2, 0.25) is 5.91 Å². The van der Waals surface area contributed by atoms with Gasteiger partial charge in [-0.2, -0.15) is 0 Å². The molecule has 1 atom stereocenters. The molecule has 0 saturated carbocycles. The lowest BCUT2D eigenvalue weighted by atomic mass is 10.1. The number of aryl methyl sites for hydroxylation is 1. The van der Waals surface area contributed by atoms with E-state index >= 15 is 0 Å². The van der Waals surface area contributed by atoms with Crippen LogP contribution in [0.3, 0.4) is 0 Å². The van der Waals surface area contributed by atoms with Gasteiger partial charge in [0.05, 0.1) is 25.2 Å². The summed E-state index contributed by atoms with van der Waals surface area (Å²) in [5, 5.41) is 2.90. The van der Waals surface area contributed by atoms with Crippen LogP contribution >= 0.6 is 0 Å². The standard InChI is InChI=1S/C15H21N3O3/c1-3-14(19)17-11-4-6-12-13(7-5-11)16-10-18(15(12)20)8-9-21-2/h3,10-11H,1,4-9H2,2H3,(H,17,19). The molecule has 1 unspecified atom stereocenters. The minimum absolute atomic E-state index is 0.00717. The fourth-order valence-corrected chi connectivity index (χ4v) is 2.56. The maximum atomic E-state index is 12.4. The van der Waals surface area contributed by atoms with Gasteiger partial charge in [0.25, 0.3) is 5.56 Å². The van der Waals surface area contributed by atoms with Crippen LogP contribution in [0.4, 0.5) is 0 Å². The van der Waals surface area contributed by atoms with Gasteiger partial charge < -0.3 is 10.1 Å². The van der Waals surface area contributed by atoms with Crippen molar-refractivity contribution in [1.82, 2.24) is 14.9 Å². The first-order valence-corrected chi connectivity index (χ1v) is 7.14. The molecule has 2 rings (SSSR count). The van der Waals surface area contributed by atoms with E-state index in [0.717, 1.165) is 24.1 Å². The zero-order valence-electron chi connectivity index (χ0n) is 12.3. The summed E-state index contributed by atoms with van der Waals surface area (Å²) in [7, 11) is 1.61. The largest absolute Gasteiger partial charge is 0.383 e. The average Bonchev–Trinajstić information content (AvgIpc) is 2.70. The van der Waals surface area contributed by atoms with Crippen LogP contribution in [-0.2, 0) is 28.9 Å². The molecule has 0 fully saturated rings. The minimum atomic E-state index is -0.170. The molecule has 1 N–H and O–H groups in total. The molecule has 0 spiro atoms. The summed E-state index contributed by atoms with van der Waals surface area (Å²) < 4.78 is 6.59. The number of carbonyl (C=O) groups is 1. The first-order chi connectivity index (χ1) is 10.2. The molecule has 0 bridgehead atoms. The maximum absolute atomic E-state index is 12.4. The van der Waals surface area contributed by atoms with Crippen molar-refractivity contribution in [2.75, 3.05) is 13.7 Å². The van der Waals surface area contributed by atoms with Crippen LogP contribution in [0.1, 0.15) is 24.1 Å².